The SMILES string of the molecule is CNCc1ccc(S(=O)(=O)Nc2ccsc2)cc1. The van der Waals surface area contributed by atoms with Gasteiger partial charge < -0.3 is 5.32 Å². The van der Waals surface area contributed by atoms with Crippen LogP contribution in [-0.2, 0) is 16.6 Å². The molecule has 1 aromatic carbocycles. The molecule has 96 valence electrons. The van der Waals surface area contributed by atoms with E-state index in [2.05, 4.69) is 10.0 Å². The van der Waals surface area contributed by atoms with Gasteiger partial charge in [0.2, 0.25) is 0 Å². The Labute approximate surface area is 111 Å². The van der Waals surface area contributed by atoms with E-state index in [0.29, 0.717) is 5.69 Å². The largest absolute Gasteiger partial charge is 0.316 e. The van der Waals surface area contributed by atoms with Crippen LogP contribution in [0.4, 0.5) is 5.69 Å². The molecule has 0 aliphatic rings. The Morgan fingerprint density at radius 3 is 2.44 bits per heavy atom. The second kappa shape index (κ2) is 5.51. The predicted molar refractivity (Wildman–Crippen MR) is 74.3 cm³/mol. The van der Waals surface area contributed by atoms with Crippen molar-refractivity contribution in [2.45, 2.75) is 11.4 Å². The molecule has 0 aliphatic carbocycles. The lowest BCUT2D eigenvalue weighted by atomic mass is 10.2. The minimum atomic E-state index is -3.48. The van der Waals surface area contributed by atoms with Crippen LogP contribution in [0.25, 0.3) is 0 Å². The summed E-state index contributed by atoms with van der Waals surface area (Å²) in [7, 11) is -1.63. The van der Waals surface area contributed by atoms with Crippen LogP contribution in [0.2, 0.25) is 0 Å². The third kappa shape index (κ3) is 3.10. The Bertz CT molecular complexity index is 590. The maximum atomic E-state index is 12.0. The molecule has 2 rings (SSSR count). The number of thiophene rings is 1. The van der Waals surface area contributed by atoms with Gasteiger partial charge in [0.15, 0.2) is 0 Å². The fourth-order valence-corrected chi connectivity index (χ4v) is 3.24. The minimum Gasteiger partial charge on any atom is -0.316 e. The standard InChI is InChI=1S/C12H14N2O2S2/c1-13-8-10-2-4-12(5-3-10)18(15,16)14-11-6-7-17-9-11/h2-7,9,13-14H,8H2,1H3. The molecule has 1 heterocycles. The summed E-state index contributed by atoms with van der Waals surface area (Å²) >= 11 is 1.45. The smallest absolute Gasteiger partial charge is 0.261 e. The molecule has 0 fully saturated rings. The molecule has 0 saturated carbocycles. The average molecular weight is 282 g/mol. The quantitative estimate of drug-likeness (QED) is 0.884. The van der Waals surface area contributed by atoms with Crippen LogP contribution in [-0.4, -0.2) is 15.5 Å². The lowest BCUT2D eigenvalue weighted by Crippen LogP contribution is -2.12. The zero-order chi connectivity index (χ0) is 13.0. The highest BCUT2D eigenvalue weighted by atomic mass is 32.2. The van der Waals surface area contributed by atoms with Crippen molar-refractivity contribution in [2.75, 3.05) is 11.8 Å². The Kier molecular flexibility index (Phi) is 4.00. The predicted octanol–water partition coefficient (Wildman–Crippen LogP) is 2.27. The van der Waals surface area contributed by atoms with Gasteiger partial charge in [0.1, 0.15) is 0 Å². The van der Waals surface area contributed by atoms with Gasteiger partial charge in [-0.25, -0.2) is 8.42 Å². The highest BCUT2D eigenvalue weighted by Crippen LogP contribution is 2.18. The van der Waals surface area contributed by atoms with E-state index < -0.39 is 10.0 Å². The molecule has 6 heteroatoms. The molecule has 4 nitrogen and oxygen atoms in total. The van der Waals surface area contributed by atoms with Gasteiger partial charge in [-0.1, -0.05) is 12.1 Å². The van der Waals surface area contributed by atoms with Crippen LogP contribution >= 0.6 is 11.3 Å². The molecule has 0 bridgehead atoms. The first kappa shape index (κ1) is 13.1. The minimum absolute atomic E-state index is 0.272. The maximum absolute atomic E-state index is 12.0. The first-order chi connectivity index (χ1) is 8.62. The van der Waals surface area contributed by atoms with E-state index in [1.165, 1.54) is 11.3 Å². The zero-order valence-corrected chi connectivity index (χ0v) is 11.5. The number of nitrogens with one attached hydrogen (secondary N) is 2. The van der Waals surface area contributed by atoms with Gasteiger partial charge in [-0.2, -0.15) is 11.3 Å². The van der Waals surface area contributed by atoms with Crippen LogP contribution in [0.15, 0.2) is 46.0 Å². The van der Waals surface area contributed by atoms with Crippen LogP contribution in [0.3, 0.4) is 0 Å². The van der Waals surface area contributed by atoms with Gasteiger partial charge in [-0.3, -0.25) is 4.72 Å². The molecule has 0 radical (unpaired) electrons. The summed E-state index contributed by atoms with van der Waals surface area (Å²) in [6, 6.07) is 8.57. The summed E-state index contributed by atoms with van der Waals surface area (Å²) in [6.07, 6.45) is 0. The summed E-state index contributed by atoms with van der Waals surface area (Å²) in [5.74, 6) is 0. The van der Waals surface area contributed by atoms with E-state index in [1.54, 1.807) is 35.7 Å². The monoisotopic (exact) mass is 282 g/mol. The summed E-state index contributed by atoms with van der Waals surface area (Å²) in [6.45, 7) is 0.721. The first-order valence-electron chi connectivity index (χ1n) is 5.40. The van der Waals surface area contributed by atoms with E-state index in [4.69, 9.17) is 0 Å². The van der Waals surface area contributed by atoms with Crippen molar-refractivity contribution in [1.82, 2.24) is 5.32 Å². The van der Waals surface area contributed by atoms with Crippen LogP contribution in [0.5, 0.6) is 0 Å². The van der Waals surface area contributed by atoms with Crippen LogP contribution in [0, 0.1) is 0 Å². The highest BCUT2D eigenvalue weighted by Gasteiger charge is 2.13. The van der Waals surface area contributed by atoms with Crippen molar-refractivity contribution in [3.63, 3.8) is 0 Å². The fourth-order valence-electron chi connectivity index (χ4n) is 1.53. The average Bonchev–Trinajstić information content (AvgIpc) is 2.82. The third-order valence-corrected chi connectivity index (χ3v) is 4.47. The van der Waals surface area contributed by atoms with Gasteiger partial charge >= 0.3 is 0 Å². The third-order valence-electron chi connectivity index (χ3n) is 2.39. The zero-order valence-electron chi connectivity index (χ0n) is 9.88. The van der Waals surface area contributed by atoms with Gasteiger partial charge in [0, 0.05) is 11.9 Å². The first-order valence-corrected chi connectivity index (χ1v) is 7.83. The molecular weight excluding hydrogens is 268 g/mol. The number of hydrogen-bond acceptors (Lipinski definition) is 4. The Hall–Kier alpha value is -1.37. The molecule has 0 spiro atoms. The maximum Gasteiger partial charge on any atom is 0.261 e. The Morgan fingerprint density at radius 2 is 1.89 bits per heavy atom. The second-order valence-electron chi connectivity index (χ2n) is 3.79. The summed E-state index contributed by atoms with van der Waals surface area (Å²) in [5, 5.41) is 6.60. The van der Waals surface area contributed by atoms with Crippen molar-refractivity contribution in [2.24, 2.45) is 0 Å². The molecule has 2 aromatic rings. The molecule has 0 amide bonds. The number of rotatable bonds is 5. The summed E-state index contributed by atoms with van der Waals surface area (Å²) in [5.41, 5.74) is 1.64. The number of sulfonamides is 1. The lowest BCUT2D eigenvalue weighted by Gasteiger charge is -2.07. The molecule has 2 N–H and O–H groups in total. The van der Waals surface area contributed by atoms with Crippen molar-refractivity contribution in [1.29, 1.82) is 0 Å². The summed E-state index contributed by atoms with van der Waals surface area (Å²) < 4.78 is 26.6. The molecule has 0 unspecified atom stereocenters. The van der Waals surface area contributed by atoms with E-state index in [0.717, 1.165) is 12.1 Å². The number of benzene rings is 1. The molecule has 0 saturated heterocycles. The Morgan fingerprint density at radius 1 is 1.17 bits per heavy atom. The van der Waals surface area contributed by atoms with Crippen LogP contribution in [0.1, 0.15) is 5.56 Å². The fraction of sp³-hybridized carbons (Fsp3) is 0.167. The van der Waals surface area contributed by atoms with Gasteiger partial charge in [0.05, 0.1) is 10.6 Å². The number of hydrogen-bond donors (Lipinski definition) is 2. The molecule has 0 aliphatic heterocycles. The van der Waals surface area contributed by atoms with E-state index in [-0.39, 0.29) is 4.90 Å². The van der Waals surface area contributed by atoms with E-state index >= 15 is 0 Å². The molecule has 18 heavy (non-hydrogen) atoms. The number of anilines is 1. The molecule has 1 aromatic heterocycles. The van der Waals surface area contributed by atoms with Gasteiger partial charge in [-0.15, -0.1) is 0 Å². The summed E-state index contributed by atoms with van der Waals surface area (Å²) in [4.78, 5) is 0.272. The van der Waals surface area contributed by atoms with Crippen molar-refractivity contribution in [3.05, 3.63) is 46.7 Å². The van der Waals surface area contributed by atoms with Gasteiger partial charge in [-0.05, 0) is 36.2 Å². The topological polar surface area (TPSA) is 58.2 Å². The molecule has 0 atom stereocenters. The van der Waals surface area contributed by atoms with Crippen molar-refractivity contribution < 1.29 is 8.42 Å². The van der Waals surface area contributed by atoms with E-state index in [9.17, 15) is 8.42 Å². The van der Waals surface area contributed by atoms with E-state index in [1.807, 2.05) is 12.4 Å². The second-order valence-corrected chi connectivity index (χ2v) is 6.25. The van der Waals surface area contributed by atoms with Gasteiger partial charge in [0.25, 0.3) is 10.0 Å². The highest BCUT2D eigenvalue weighted by molar-refractivity contribution is 7.92. The van der Waals surface area contributed by atoms with Crippen molar-refractivity contribution >= 4 is 27.0 Å². The van der Waals surface area contributed by atoms with Crippen molar-refractivity contribution in [3.8, 4) is 0 Å². The Balaban J connectivity index is 2.19. The molecular formula is C12H14N2O2S2. The van der Waals surface area contributed by atoms with Crippen LogP contribution < -0.4 is 10.0 Å². The normalized spacial score (nSPS) is 11.4. The lowest BCUT2D eigenvalue weighted by molar-refractivity contribution is 0.601.